The van der Waals surface area contributed by atoms with Crippen LogP contribution >= 0.6 is 11.8 Å². The molecule has 1 amide bonds. The number of fused-ring (bicyclic) bond motifs is 1. The van der Waals surface area contributed by atoms with Crippen molar-refractivity contribution in [3.05, 3.63) is 89.3 Å². The van der Waals surface area contributed by atoms with E-state index in [1.54, 1.807) is 25.6 Å². The molecular formula is C25H19N3O3S. The molecular weight excluding hydrogens is 422 g/mol. The van der Waals surface area contributed by atoms with E-state index in [4.69, 9.17) is 9.15 Å². The van der Waals surface area contributed by atoms with E-state index in [-0.39, 0.29) is 5.91 Å². The lowest BCUT2D eigenvalue weighted by atomic mass is 10.1. The number of furan rings is 1. The molecule has 5 rings (SSSR count). The van der Waals surface area contributed by atoms with Crippen LogP contribution in [0.2, 0.25) is 0 Å². The summed E-state index contributed by atoms with van der Waals surface area (Å²) in [6.45, 7) is 0.606. The molecule has 0 spiro atoms. The maximum Gasteiger partial charge on any atom is 0.286 e. The lowest BCUT2D eigenvalue weighted by Gasteiger charge is -2.04. The van der Waals surface area contributed by atoms with Crippen molar-refractivity contribution < 1.29 is 13.9 Å². The summed E-state index contributed by atoms with van der Waals surface area (Å²) in [6, 6.07) is 19.6. The summed E-state index contributed by atoms with van der Waals surface area (Å²) >= 11 is 1.31. The predicted octanol–water partition coefficient (Wildman–Crippen LogP) is 5.26. The molecule has 158 valence electrons. The summed E-state index contributed by atoms with van der Waals surface area (Å²) in [6.07, 6.45) is 5.25. The summed E-state index contributed by atoms with van der Waals surface area (Å²) < 4.78 is 11.3. The Balaban J connectivity index is 1.36. The maximum absolute atomic E-state index is 12.4. The number of aromatic nitrogens is 1. The fourth-order valence-electron chi connectivity index (χ4n) is 3.42. The Bertz CT molecular complexity index is 1340. The highest BCUT2D eigenvalue weighted by molar-refractivity contribution is 8.18. The highest BCUT2D eigenvalue weighted by atomic mass is 32.2. The van der Waals surface area contributed by atoms with E-state index in [9.17, 15) is 4.79 Å². The second kappa shape index (κ2) is 8.72. The number of carbonyl (C=O) groups excluding carboxylic acids is 1. The van der Waals surface area contributed by atoms with E-state index in [1.807, 2.05) is 60.7 Å². The fraction of sp³-hybridized carbons (Fsp3) is 0.0800. The summed E-state index contributed by atoms with van der Waals surface area (Å²) in [4.78, 5) is 21.3. The Morgan fingerprint density at radius 2 is 1.91 bits per heavy atom. The number of amidine groups is 1. The fourth-order valence-corrected chi connectivity index (χ4v) is 4.21. The van der Waals surface area contributed by atoms with Gasteiger partial charge in [0.05, 0.1) is 12.0 Å². The molecule has 4 aromatic rings. The molecule has 2 aromatic heterocycles. The number of thioether (sulfide) groups is 1. The van der Waals surface area contributed by atoms with Crippen LogP contribution in [0.25, 0.3) is 28.2 Å². The molecule has 0 radical (unpaired) electrons. The average Bonchev–Trinajstić information content (AvgIpc) is 3.41. The Hall–Kier alpha value is -3.84. The number of carbonyl (C=O) groups is 1. The molecule has 3 heterocycles. The lowest BCUT2D eigenvalue weighted by Crippen LogP contribution is -2.17. The van der Waals surface area contributed by atoms with Crippen LogP contribution in [0.3, 0.4) is 0 Å². The molecule has 1 N–H and O–H groups in total. The van der Waals surface area contributed by atoms with Gasteiger partial charge in [-0.2, -0.15) is 4.99 Å². The third kappa shape index (κ3) is 4.15. The van der Waals surface area contributed by atoms with E-state index < -0.39 is 0 Å². The van der Waals surface area contributed by atoms with Crippen molar-refractivity contribution in [3.63, 3.8) is 0 Å². The number of methoxy groups -OCH3 is 1. The van der Waals surface area contributed by atoms with Crippen molar-refractivity contribution in [1.82, 2.24) is 10.3 Å². The minimum Gasteiger partial charge on any atom is -0.497 e. The zero-order chi connectivity index (χ0) is 21.9. The van der Waals surface area contributed by atoms with Crippen LogP contribution in [-0.2, 0) is 11.3 Å². The normalized spacial score (nSPS) is 14.7. The van der Waals surface area contributed by atoms with E-state index in [1.165, 1.54) is 11.8 Å². The van der Waals surface area contributed by atoms with Crippen molar-refractivity contribution in [3.8, 4) is 16.9 Å². The number of rotatable bonds is 5. The van der Waals surface area contributed by atoms with Gasteiger partial charge in [0.25, 0.3) is 5.91 Å². The van der Waals surface area contributed by atoms with Gasteiger partial charge in [-0.15, -0.1) is 0 Å². The molecule has 0 saturated carbocycles. The third-order valence-corrected chi connectivity index (χ3v) is 5.96. The molecule has 0 aliphatic carbocycles. The second-order valence-electron chi connectivity index (χ2n) is 7.15. The van der Waals surface area contributed by atoms with Gasteiger partial charge in [-0.05, 0) is 41.1 Å². The van der Waals surface area contributed by atoms with Gasteiger partial charge in [-0.1, -0.05) is 42.5 Å². The zero-order valence-corrected chi connectivity index (χ0v) is 18.1. The first-order valence-corrected chi connectivity index (χ1v) is 10.8. The van der Waals surface area contributed by atoms with E-state index in [2.05, 4.69) is 15.3 Å². The number of benzene rings is 2. The van der Waals surface area contributed by atoms with Crippen molar-refractivity contribution in [2.75, 3.05) is 7.11 Å². The zero-order valence-electron chi connectivity index (χ0n) is 17.2. The smallest absolute Gasteiger partial charge is 0.286 e. The van der Waals surface area contributed by atoms with Gasteiger partial charge in [-0.25, -0.2) is 0 Å². The van der Waals surface area contributed by atoms with Gasteiger partial charge < -0.3 is 14.5 Å². The summed E-state index contributed by atoms with van der Waals surface area (Å²) in [5.74, 6) is 1.09. The van der Waals surface area contributed by atoms with Crippen LogP contribution in [0.5, 0.6) is 5.75 Å². The maximum atomic E-state index is 12.4. The van der Waals surface area contributed by atoms with Gasteiger partial charge >= 0.3 is 0 Å². The molecule has 1 aliphatic heterocycles. The number of aliphatic imine (C=N–C) groups is 1. The van der Waals surface area contributed by atoms with Crippen LogP contribution < -0.4 is 10.1 Å². The minimum atomic E-state index is -0.278. The van der Waals surface area contributed by atoms with Crippen LogP contribution in [0.15, 0.2) is 87.4 Å². The largest absolute Gasteiger partial charge is 0.497 e. The van der Waals surface area contributed by atoms with E-state index in [0.717, 1.165) is 33.4 Å². The molecule has 7 heteroatoms. The summed E-state index contributed by atoms with van der Waals surface area (Å²) in [7, 11) is 1.64. The molecule has 0 atom stereocenters. The summed E-state index contributed by atoms with van der Waals surface area (Å²) in [5, 5.41) is 4.66. The molecule has 0 unspecified atom stereocenters. The van der Waals surface area contributed by atoms with Crippen molar-refractivity contribution in [1.29, 1.82) is 0 Å². The summed E-state index contributed by atoms with van der Waals surface area (Å²) in [5.41, 5.74) is 3.69. The quantitative estimate of drug-likeness (QED) is 0.426. The van der Waals surface area contributed by atoms with Crippen LogP contribution in [0, 0.1) is 0 Å². The highest BCUT2D eigenvalue weighted by Gasteiger charge is 2.22. The van der Waals surface area contributed by atoms with Crippen LogP contribution in [-0.4, -0.2) is 23.2 Å². The predicted molar refractivity (Wildman–Crippen MR) is 127 cm³/mol. The number of ether oxygens (including phenoxy) is 1. The van der Waals surface area contributed by atoms with Gasteiger partial charge in [0.15, 0.2) is 5.17 Å². The molecule has 6 nitrogen and oxygen atoms in total. The number of pyridine rings is 1. The number of hydrogen-bond donors (Lipinski definition) is 1. The Morgan fingerprint density at radius 3 is 2.69 bits per heavy atom. The molecule has 1 aliphatic rings. The SMILES string of the molecule is COc1ccc(-c2cncc3cc(/C=C4\SC(NCc5ccccc5)=NC4=O)oc23)cc1. The number of nitrogens with one attached hydrogen (secondary N) is 1. The first kappa shape index (κ1) is 20.1. The highest BCUT2D eigenvalue weighted by Crippen LogP contribution is 2.33. The van der Waals surface area contributed by atoms with Gasteiger partial charge in [0, 0.05) is 36.0 Å². The van der Waals surface area contributed by atoms with Crippen LogP contribution in [0.1, 0.15) is 11.3 Å². The molecule has 2 aromatic carbocycles. The van der Waals surface area contributed by atoms with Crippen molar-refractivity contribution in [2.45, 2.75) is 6.54 Å². The average molecular weight is 442 g/mol. The Labute approximate surface area is 189 Å². The Morgan fingerprint density at radius 1 is 1.09 bits per heavy atom. The van der Waals surface area contributed by atoms with Crippen molar-refractivity contribution >= 4 is 39.9 Å². The van der Waals surface area contributed by atoms with Gasteiger partial charge in [0.2, 0.25) is 0 Å². The number of hydrogen-bond acceptors (Lipinski definition) is 6. The molecule has 0 fully saturated rings. The van der Waals surface area contributed by atoms with Gasteiger partial charge in [0.1, 0.15) is 17.1 Å². The molecule has 0 saturated heterocycles. The molecule has 32 heavy (non-hydrogen) atoms. The van der Waals surface area contributed by atoms with E-state index >= 15 is 0 Å². The lowest BCUT2D eigenvalue weighted by molar-refractivity contribution is -0.113. The molecule has 0 bridgehead atoms. The third-order valence-electron chi connectivity index (χ3n) is 5.02. The standard InChI is InChI=1S/C25H19N3O3S/c1-30-19-9-7-17(8-10-19)21-15-26-14-18-11-20(31-23(18)21)12-22-24(29)28-25(32-22)27-13-16-5-3-2-4-6-16/h2-12,14-15H,13H2,1H3,(H,27,28,29)/b22-12-. The first-order valence-electron chi connectivity index (χ1n) is 10.0. The topological polar surface area (TPSA) is 76.7 Å². The Kier molecular flexibility index (Phi) is 5.47. The number of nitrogens with zero attached hydrogens (tertiary/aromatic N) is 2. The second-order valence-corrected chi connectivity index (χ2v) is 8.19. The monoisotopic (exact) mass is 441 g/mol. The van der Waals surface area contributed by atoms with E-state index in [0.29, 0.717) is 22.4 Å². The first-order chi connectivity index (χ1) is 15.7. The van der Waals surface area contributed by atoms with Gasteiger partial charge in [-0.3, -0.25) is 9.78 Å². The van der Waals surface area contributed by atoms with Crippen LogP contribution in [0.4, 0.5) is 0 Å². The van der Waals surface area contributed by atoms with Crippen molar-refractivity contribution in [2.24, 2.45) is 4.99 Å². The minimum absolute atomic E-state index is 0.278. The number of amides is 1.